The van der Waals surface area contributed by atoms with Crippen LogP contribution in [0.4, 0.5) is 0 Å². The van der Waals surface area contributed by atoms with E-state index < -0.39 is 18.0 Å². The van der Waals surface area contributed by atoms with Crippen molar-refractivity contribution in [2.45, 2.75) is 78.8 Å². The topological polar surface area (TPSA) is 143 Å². The van der Waals surface area contributed by atoms with Gasteiger partial charge in [-0.15, -0.1) is 0 Å². The fraction of sp³-hybridized carbons (Fsp3) is 0.533. The molecule has 0 aliphatic carbocycles. The van der Waals surface area contributed by atoms with E-state index in [9.17, 15) is 9.59 Å². The minimum Gasteiger partial charge on any atom is -0.478 e. The second kappa shape index (κ2) is 21.1. The molecule has 9 nitrogen and oxygen atoms in total. The Bertz CT molecular complexity index is 888. The van der Waals surface area contributed by atoms with Gasteiger partial charge >= 0.3 is 11.9 Å². The van der Waals surface area contributed by atoms with E-state index in [4.69, 9.17) is 34.6 Å². The molecule has 4 unspecified atom stereocenters. The number of hydrogen-bond donors (Lipinski definition) is 4. The lowest BCUT2D eigenvalue weighted by Gasteiger charge is -2.19. The number of aromatic carboxylic acids is 2. The SMILES string of the molecule is CC(O)COC(C)COC(C)COC(C)CO.CCc1ccccc1C(=O)O.CCc1ccccc1C(=O)O. The highest BCUT2D eigenvalue weighted by atomic mass is 16.6. The lowest BCUT2D eigenvalue weighted by molar-refractivity contribution is -0.0825. The van der Waals surface area contributed by atoms with Gasteiger partial charge in [0.25, 0.3) is 0 Å². The Morgan fingerprint density at radius 2 is 1.03 bits per heavy atom. The summed E-state index contributed by atoms with van der Waals surface area (Å²) >= 11 is 0. The largest absolute Gasteiger partial charge is 0.478 e. The molecule has 2 aromatic carbocycles. The first-order valence-corrected chi connectivity index (χ1v) is 13.2. The molecule has 2 rings (SSSR count). The minimum atomic E-state index is -0.845. The minimum absolute atomic E-state index is 0.0145. The third-order valence-electron chi connectivity index (χ3n) is 5.37. The Morgan fingerprint density at radius 1 is 0.667 bits per heavy atom. The second-order valence-corrected chi connectivity index (χ2v) is 9.10. The van der Waals surface area contributed by atoms with Crippen molar-refractivity contribution in [1.29, 1.82) is 0 Å². The maximum atomic E-state index is 10.6. The summed E-state index contributed by atoms with van der Waals surface area (Å²) in [6, 6.07) is 14.1. The molecule has 220 valence electrons. The summed E-state index contributed by atoms with van der Waals surface area (Å²) in [7, 11) is 0. The van der Waals surface area contributed by atoms with Crippen molar-refractivity contribution in [3.63, 3.8) is 0 Å². The van der Waals surface area contributed by atoms with Gasteiger partial charge in [0.15, 0.2) is 0 Å². The summed E-state index contributed by atoms with van der Waals surface area (Å²) in [4.78, 5) is 21.2. The first-order chi connectivity index (χ1) is 18.5. The number of aryl methyl sites for hydroxylation is 2. The van der Waals surface area contributed by atoms with Gasteiger partial charge in [-0.1, -0.05) is 50.2 Å². The summed E-state index contributed by atoms with van der Waals surface area (Å²) in [5, 5.41) is 35.2. The number of aliphatic hydroxyl groups excluding tert-OH is 2. The molecule has 0 bridgehead atoms. The third-order valence-corrected chi connectivity index (χ3v) is 5.37. The Labute approximate surface area is 232 Å². The number of carboxylic acid groups (broad SMARTS) is 2. The summed E-state index contributed by atoms with van der Waals surface area (Å²) in [6.07, 6.45) is 0.822. The van der Waals surface area contributed by atoms with E-state index in [0.29, 0.717) is 30.9 Å². The van der Waals surface area contributed by atoms with Crippen molar-refractivity contribution in [3.05, 3.63) is 70.8 Å². The molecule has 0 saturated carbocycles. The first kappa shape index (κ1) is 36.2. The van der Waals surface area contributed by atoms with Crippen LogP contribution in [0.2, 0.25) is 0 Å². The highest BCUT2D eigenvalue weighted by molar-refractivity contribution is 5.89. The molecular formula is C30H46O9. The average Bonchev–Trinajstić information content (AvgIpc) is 2.93. The molecule has 0 amide bonds. The Morgan fingerprint density at radius 3 is 1.33 bits per heavy atom. The van der Waals surface area contributed by atoms with Crippen LogP contribution in [0, 0.1) is 0 Å². The molecule has 0 saturated heterocycles. The van der Waals surface area contributed by atoms with Crippen LogP contribution >= 0.6 is 0 Å². The van der Waals surface area contributed by atoms with Gasteiger partial charge in [-0.2, -0.15) is 0 Å². The van der Waals surface area contributed by atoms with Crippen LogP contribution in [0.5, 0.6) is 0 Å². The Kier molecular flexibility index (Phi) is 19.5. The van der Waals surface area contributed by atoms with E-state index in [-0.39, 0.29) is 24.9 Å². The molecule has 0 aliphatic rings. The van der Waals surface area contributed by atoms with Gasteiger partial charge in [0, 0.05) is 0 Å². The van der Waals surface area contributed by atoms with Gasteiger partial charge < -0.3 is 34.6 Å². The van der Waals surface area contributed by atoms with Gasteiger partial charge in [0.2, 0.25) is 0 Å². The van der Waals surface area contributed by atoms with E-state index >= 15 is 0 Å². The van der Waals surface area contributed by atoms with Gasteiger partial charge in [0.05, 0.1) is 62.0 Å². The van der Waals surface area contributed by atoms with Crippen LogP contribution in [0.3, 0.4) is 0 Å². The number of rotatable bonds is 14. The molecule has 39 heavy (non-hydrogen) atoms. The average molecular weight is 551 g/mol. The molecule has 4 N–H and O–H groups in total. The normalized spacial score (nSPS) is 13.5. The highest BCUT2D eigenvalue weighted by Crippen LogP contribution is 2.09. The summed E-state index contributed by atoms with van der Waals surface area (Å²) < 4.78 is 16.2. The van der Waals surface area contributed by atoms with Crippen LogP contribution in [0.25, 0.3) is 0 Å². The Hall–Kier alpha value is -2.82. The van der Waals surface area contributed by atoms with Crippen LogP contribution in [-0.2, 0) is 27.1 Å². The fourth-order valence-electron chi connectivity index (χ4n) is 3.13. The van der Waals surface area contributed by atoms with Crippen molar-refractivity contribution in [2.75, 3.05) is 26.4 Å². The molecule has 2 aromatic rings. The van der Waals surface area contributed by atoms with E-state index in [0.717, 1.165) is 24.0 Å². The molecule has 9 heteroatoms. The number of aliphatic hydroxyl groups is 2. The van der Waals surface area contributed by atoms with E-state index in [2.05, 4.69) is 0 Å². The quantitative estimate of drug-likeness (QED) is 0.268. The lowest BCUT2D eigenvalue weighted by Crippen LogP contribution is -2.27. The highest BCUT2D eigenvalue weighted by Gasteiger charge is 2.10. The number of ether oxygens (including phenoxy) is 3. The van der Waals surface area contributed by atoms with E-state index in [1.54, 1.807) is 38.1 Å². The van der Waals surface area contributed by atoms with E-state index in [1.165, 1.54) is 0 Å². The van der Waals surface area contributed by atoms with Gasteiger partial charge in [-0.3, -0.25) is 0 Å². The third kappa shape index (κ3) is 16.7. The number of carboxylic acids is 2. The molecule has 0 aliphatic heterocycles. The summed E-state index contributed by atoms with van der Waals surface area (Å²) in [5.74, 6) is -1.69. The van der Waals surface area contributed by atoms with Crippen molar-refractivity contribution < 1.29 is 44.2 Å². The maximum Gasteiger partial charge on any atom is 0.335 e. The summed E-state index contributed by atoms with van der Waals surface area (Å²) in [5.41, 5.74) is 2.60. The van der Waals surface area contributed by atoms with Crippen molar-refractivity contribution >= 4 is 11.9 Å². The monoisotopic (exact) mass is 550 g/mol. The Balaban J connectivity index is 0.000000575. The zero-order valence-corrected chi connectivity index (χ0v) is 24.0. The van der Waals surface area contributed by atoms with Crippen molar-refractivity contribution in [1.82, 2.24) is 0 Å². The molecule has 0 radical (unpaired) electrons. The molecule has 4 atom stereocenters. The van der Waals surface area contributed by atoms with Crippen LogP contribution < -0.4 is 0 Å². The maximum absolute atomic E-state index is 10.6. The van der Waals surface area contributed by atoms with Crippen molar-refractivity contribution in [2.24, 2.45) is 0 Å². The van der Waals surface area contributed by atoms with Gasteiger partial charge in [-0.25, -0.2) is 9.59 Å². The zero-order valence-electron chi connectivity index (χ0n) is 24.0. The molecular weight excluding hydrogens is 504 g/mol. The number of hydrogen-bond acceptors (Lipinski definition) is 7. The number of benzene rings is 2. The predicted molar refractivity (Wildman–Crippen MR) is 151 cm³/mol. The van der Waals surface area contributed by atoms with Crippen LogP contribution in [-0.4, -0.2) is 83.2 Å². The van der Waals surface area contributed by atoms with Gasteiger partial charge in [0.1, 0.15) is 0 Å². The van der Waals surface area contributed by atoms with Crippen molar-refractivity contribution in [3.8, 4) is 0 Å². The smallest absolute Gasteiger partial charge is 0.335 e. The van der Waals surface area contributed by atoms with E-state index in [1.807, 2.05) is 52.0 Å². The predicted octanol–water partition coefficient (Wildman–Crippen LogP) is 4.47. The standard InChI is InChI=1S/C12H26O5.2C9H10O2/c1-9(14)6-15-11(3)8-17-12(4)7-16-10(2)5-13;2*1-2-7-5-3-4-6-8(7)9(10)11/h9-14H,5-8H2,1-4H3;2*3-6H,2H2,1H3,(H,10,11). The first-order valence-electron chi connectivity index (χ1n) is 13.2. The lowest BCUT2D eigenvalue weighted by atomic mass is 10.1. The van der Waals surface area contributed by atoms with Crippen LogP contribution in [0.1, 0.15) is 73.4 Å². The van der Waals surface area contributed by atoms with Crippen LogP contribution in [0.15, 0.2) is 48.5 Å². The zero-order chi connectivity index (χ0) is 29.8. The molecule has 0 heterocycles. The van der Waals surface area contributed by atoms with Gasteiger partial charge in [-0.05, 0) is 63.8 Å². The summed E-state index contributed by atoms with van der Waals surface area (Å²) in [6.45, 7) is 12.4. The molecule has 0 fully saturated rings. The number of carbonyl (C=O) groups is 2. The second-order valence-electron chi connectivity index (χ2n) is 9.10. The molecule has 0 aromatic heterocycles. The molecule has 0 spiro atoms. The fourth-order valence-corrected chi connectivity index (χ4v) is 3.13.